The predicted octanol–water partition coefficient (Wildman–Crippen LogP) is 1.34. The summed E-state index contributed by atoms with van der Waals surface area (Å²) in [6.45, 7) is 4.91. The fraction of sp³-hybridized carbons (Fsp3) is 1.00. The lowest BCUT2D eigenvalue weighted by Gasteiger charge is -2.18. The monoisotopic (exact) mass is 214 g/mol. The standard InChI is InChI=1S/C6H14O4S2/c1-6(2,3)12(8,9)5-4-10-11-7/h7H,4-5H2,1-3H3. The van der Waals surface area contributed by atoms with Crippen LogP contribution in [-0.2, 0) is 14.0 Å². The van der Waals surface area contributed by atoms with Gasteiger partial charge in [0.05, 0.1) is 17.1 Å². The van der Waals surface area contributed by atoms with Gasteiger partial charge < -0.3 is 4.55 Å². The summed E-state index contributed by atoms with van der Waals surface area (Å²) in [5, 5.41) is 0. The highest BCUT2D eigenvalue weighted by Crippen LogP contribution is 2.15. The summed E-state index contributed by atoms with van der Waals surface area (Å²) in [6, 6.07) is 0. The second-order valence-electron chi connectivity index (χ2n) is 3.33. The fourth-order valence-corrected chi connectivity index (χ4v) is 1.67. The lowest BCUT2D eigenvalue weighted by atomic mass is 10.3. The van der Waals surface area contributed by atoms with E-state index in [1.165, 1.54) is 0 Å². The van der Waals surface area contributed by atoms with Gasteiger partial charge in [-0.2, -0.15) is 0 Å². The largest absolute Gasteiger partial charge is 0.307 e. The molecule has 0 spiro atoms. The van der Waals surface area contributed by atoms with Crippen LogP contribution in [-0.4, -0.2) is 30.1 Å². The fourth-order valence-electron chi connectivity index (χ4n) is 0.487. The van der Waals surface area contributed by atoms with Crippen LogP contribution in [0.3, 0.4) is 0 Å². The molecule has 0 fully saturated rings. The van der Waals surface area contributed by atoms with Gasteiger partial charge in [0.25, 0.3) is 0 Å². The van der Waals surface area contributed by atoms with Crippen molar-refractivity contribution < 1.29 is 17.2 Å². The summed E-state index contributed by atoms with van der Waals surface area (Å²) in [5.74, 6) is -0.0654. The number of hydrogen-bond donors (Lipinski definition) is 1. The summed E-state index contributed by atoms with van der Waals surface area (Å²) in [5.41, 5.74) is 0. The minimum Gasteiger partial charge on any atom is -0.307 e. The Kier molecular flexibility index (Phi) is 4.54. The van der Waals surface area contributed by atoms with Crippen molar-refractivity contribution in [2.24, 2.45) is 0 Å². The highest BCUT2D eigenvalue weighted by atomic mass is 32.2. The van der Waals surface area contributed by atoms with Crippen molar-refractivity contribution in [2.45, 2.75) is 25.5 Å². The molecule has 0 aromatic carbocycles. The van der Waals surface area contributed by atoms with Gasteiger partial charge in [-0.25, -0.2) is 8.42 Å². The molecule has 0 aliphatic carbocycles. The Morgan fingerprint density at radius 3 is 2.25 bits per heavy atom. The SMILES string of the molecule is CC(C)(C)S(=O)(=O)CCOSO. The summed E-state index contributed by atoms with van der Waals surface area (Å²) >= 11 is 0.188. The zero-order chi connectivity index (χ0) is 9.83. The third-order valence-electron chi connectivity index (χ3n) is 1.42. The Bertz CT molecular complexity index is 214. The zero-order valence-electron chi connectivity index (χ0n) is 7.40. The van der Waals surface area contributed by atoms with E-state index in [1.807, 2.05) is 0 Å². The minimum absolute atomic E-state index is 0.0147. The van der Waals surface area contributed by atoms with E-state index in [-0.39, 0.29) is 24.7 Å². The van der Waals surface area contributed by atoms with Crippen LogP contribution in [0.15, 0.2) is 0 Å². The molecule has 4 nitrogen and oxygen atoms in total. The number of hydrogen-bond acceptors (Lipinski definition) is 5. The van der Waals surface area contributed by atoms with Crippen LogP contribution < -0.4 is 0 Å². The van der Waals surface area contributed by atoms with Crippen LogP contribution >= 0.6 is 12.3 Å². The van der Waals surface area contributed by atoms with Gasteiger partial charge in [-0.3, -0.25) is 4.18 Å². The maximum absolute atomic E-state index is 11.4. The van der Waals surface area contributed by atoms with E-state index in [0.29, 0.717) is 0 Å². The Labute approximate surface area is 77.6 Å². The summed E-state index contributed by atoms with van der Waals surface area (Å²) < 4.78 is 34.6. The lowest BCUT2D eigenvalue weighted by molar-refractivity contribution is 0.365. The smallest absolute Gasteiger partial charge is 0.157 e. The summed E-state index contributed by atoms with van der Waals surface area (Å²) in [4.78, 5) is 0. The van der Waals surface area contributed by atoms with Gasteiger partial charge in [-0.1, -0.05) is 0 Å². The molecule has 0 atom stereocenters. The van der Waals surface area contributed by atoms with Crippen molar-refractivity contribution in [2.75, 3.05) is 12.4 Å². The minimum atomic E-state index is -3.12. The van der Waals surface area contributed by atoms with Gasteiger partial charge in [0.1, 0.15) is 0 Å². The average Bonchev–Trinajstić information content (AvgIpc) is 1.85. The third kappa shape index (κ3) is 3.75. The van der Waals surface area contributed by atoms with Crippen LogP contribution in [0.2, 0.25) is 0 Å². The molecular weight excluding hydrogens is 200 g/mol. The van der Waals surface area contributed by atoms with Gasteiger partial charge in [-0.05, 0) is 20.8 Å². The molecule has 0 saturated heterocycles. The Morgan fingerprint density at radius 2 is 1.92 bits per heavy atom. The summed E-state index contributed by atoms with van der Waals surface area (Å²) in [7, 11) is -3.12. The van der Waals surface area contributed by atoms with Crippen LogP contribution in [0.1, 0.15) is 20.8 Å². The first-order valence-electron chi connectivity index (χ1n) is 3.46. The number of sulfone groups is 1. The van der Waals surface area contributed by atoms with E-state index in [1.54, 1.807) is 20.8 Å². The molecule has 0 aromatic rings. The molecule has 0 heterocycles. The van der Waals surface area contributed by atoms with E-state index in [0.717, 1.165) is 0 Å². The molecule has 0 bridgehead atoms. The highest BCUT2D eigenvalue weighted by molar-refractivity contribution is 7.92. The quantitative estimate of drug-likeness (QED) is 0.565. The van der Waals surface area contributed by atoms with Gasteiger partial charge >= 0.3 is 0 Å². The van der Waals surface area contributed by atoms with E-state index in [2.05, 4.69) is 4.18 Å². The molecule has 0 rings (SSSR count). The molecule has 0 aliphatic rings. The molecular formula is C6H14O4S2. The van der Waals surface area contributed by atoms with Gasteiger partial charge in [-0.15, -0.1) is 0 Å². The molecule has 0 radical (unpaired) electrons. The molecule has 0 aliphatic heterocycles. The molecule has 0 amide bonds. The van der Waals surface area contributed by atoms with Crippen molar-refractivity contribution in [3.63, 3.8) is 0 Å². The first-order chi connectivity index (χ1) is 5.31. The van der Waals surface area contributed by atoms with Gasteiger partial charge in [0.2, 0.25) is 0 Å². The molecule has 12 heavy (non-hydrogen) atoms. The van der Waals surface area contributed by atoms with Crippen LogP contribution in [0, 0.1) is 0 Å². The lowest BCUT2D eigenvalue weighted by Crippen LogP contribution is -2.31. The second kappa shape index (κ2) is 4.45. The van der Waals surface area contributed by atoms with Gasteiger partial charge in [0, 0.05) is 0 Å². The second-order valence-corrected chi connectivity index (χ2v) is 6.58. The average molecular weight is 214 g/mol. The third-order valence-corrected chi connectivity index (χ3v) is 4.26. The predicted molar refractivity (Wildman–Crippen MR) is 49.7 cm³/mol. The normalized spacial score (nSPS) is 13.3. The maximum atomic E-state index is 11.4. The number of rotatable bonds is 4. The zero-order valence-corrected chi connectivity index (χ0v) is 9.04. The molecule has 1 N–H and O–H groups in total. The first kappa shape index (κ1) is 12.2. The Balaban J connectivity index is 4.08. The first-order valence-corrected chi connectivity index (χ1v) is 5.81. The van der Waals surface area contributed by atoms with E-state index >= 15 is 0 Å². The van der Waals surface area contributed by atoms with Crippen LogP contribution in [0.5, 0.6) is 0 Å². The topological polar surface area (TPSA) is 63.6 Å². The van der Waals surface area contributed by atoms with Crippen molar-refractivity contribution in [3.05, 3.63) is 0 Å². The maximum Gasteiger partial charge on any atom is 0.157 e. The van der Waals surface area contributed by atoms with Crippen LogP contribution in [0.25, 0.3) is 0 Å². The molecule has 74 valence electrons. The van der Waals surface area contributed by atoms with Gasteiger partial charge in [0.15, 0.2) is 22.2 Å². The van der Waals surface area contributed by atoms with Crippen molar-refractivity contribution >= 4 is 22.2 Å². The Hall–Kier alpha value is 0.220. The Morgan fingerprint density at radius 1 is 1.42 bits per heavy atom. The molecule has 0 saturated carbocycles. The molecule has 0 aromatic heterocycles. The van der Waals surface area contributed by atoms with E-state index in [4.69, 9.17) is 4.55 Å². The van der Waals surface area contributed by atoms with E-state index in [9.17, 15) is 8.42 Å². The van der Waals surface area contributed by atoms with Crippen molar-refractivity contribution in [3.8, 4) is 0 Å². The van der Waals surface area contributed by atoms with Crippen molar-refractivity contribution in [1.82, 2.24) is 0 Å². The molecule has 0 unspecified atom stereocenters. The van der Waals surface area contributed by atoms with E-state index < -0.39 is 14.6 Å². The highest BCUT2D eigenvalue weighted by Gasteiger charge is 2.28. The van der Waals surface area contributed by atoms with Crippen LogP contribution in [0.4, 0.5) is 0 Å². The molecule has 6 heteroatoms. The van der Waals surface area contributed by atoms with Crippen molar-refractivity contribution in [1.29, 1.82) is 0 Å². The summed E-state index contributed by atoms with van der Waals surface area (Å²) in [6.07, 6.45) is 0.